The van der Waals surface area contributed by atoms with Gasteiger partial charge in [-0.2, -0.15) is 4.80 Å². The van der Waals surface area contributed by atoms with E-state index in [9.17, 15) is 14.7 Å². The minimum atomic E-state index is -1.02. The van der Waals surface area contributed by atoms with Gasteiger partial charge in [-0.1, -0.05) is 6.92 Å². The number of phenols is 1. The first kappa shape index (κ1) is 19.4. The number of tetrazole rings is 1. The Kier molecular flexibility index (Phi) is 6.65. The average molecular weight is 362 g/mol. The highest BCUT2D eigenvalue weighted by Crippen LogP contribution is 2.29. The van der Waals surface area contributed by atoms with Gasteiger partial charge < -0.3 is 14.9 Å². The fraction of sp³-hybridized carbons (Fsp3) is 0.471. The van der Waals surface area contributed by atoms with Crippen LogP contribution in [0.3, 0.4) is 0 Å². The molecule has 0 unspecified atom stereocenters. The van der Waals surface area contributed by atoms with Crippen molar-refractivity contribution in [2.24, 2.45) is 0 Å². The highest BCUT2D eigenvalue weighted by atomic mass is 16.5. The second-order valence-corrected chi connectivity index (χ2v) is 5.82. The predicted octanol–water partition coefficient (Wildman–Crippen LogP) is 1.63. The number of ketones is 1. The smallest absolute Gasteiger partial charge is 0.327 e. The van der Waals surface area contributed by atoms with Crippen LogP contribution in [-0.4, -0.2) is 48.8 Å². The average Bonchev–Trinajstić information content (AvgIpc) is 3.00. The summed E-state index contributed by atoms with van der Waals surface area (Å²) in [6.07, 6.45) is 2.73. The number of hydrogen-bond acceptors (Lipinski definition) is 7. The molecule has 1 aromatic carbocycles. The normalized spacial score (nSPS) is 10.7. The number of carboxylic acids is 1. The first-order valence-corrected chi connectivity index (χ1v) is 8.38. The molecule has 9 nitrogen and oxygen atoms in total. The zero-order valence-electron chi connectivity index (χ0n) is 14.8. The highest BCUT2D eigenvalue weighted by Gasteiger charge is 2.12. The fourth-order valence-corrected chi connectivity index (χ4v) is 2.44. The van der Waals surface area contributed by atoms with Gasteiger partial charge in [-0.05, 0) is 43.0 Å². The van der Waals surface area contributed by atoms with Crippen molar-refractivity contribution in [3.8, 4) is 11.5 Å². The first-order valence-electron chi connectivity index (χ1n) is 8.38. The second kappa shape index (κ2) is 8.93. The van der Waals surface area contributed by atoms with E-state index in [-0.39, 0.29) is 18.1 Å². The maximum atomic E-state index is 11.5. The van der Waals surface area contributed by atoms with E-state index in [1.807, 2.05) is 6.92 Å². The summed E-state index contributed by atoms with van der Waals surface area (Å²) in [4.78, 5) is 23.1. The van der Waals surface area contributed by atoms with E-state index in [1.165, 1.54) is 13.0 Å². The molecule has 0 saturated heterocycles. The zero-order chi connectivity index (χ0) is 19.1. The van der Waals surface area contributed by atoms with Gasteiger partial charge in [0.05, 0.1) is 12.2 Å². The molecule has 140 valence electrons. The van der Waals surface area contributed by atoms with Crippen LogP contribution in [-0.2, 0) is 24.2 Å². The Bertz CT molecular complexity index is 787. The Hall–Kier alpha value is -2.97. The number of ether oxygens (including phenoxy) is 1. The summed E-state index contributed by atoms with van der Waals surface area (Å²) in [6.45, 7) is 3.50. The van der Waals surface area contributed by atoms with Crippen LogP contribution in [0, 0.1) is 0 Å². The summed E-state index contributed by atoms with van der Waals surface area (Å²) in [5.41, 5.74) is 1.16. The standard InChI is InChI=1S/C17H22N4O5/c1-3-12-8-13(11(2)22)14(23)9-15(12)26-7-5-4-6-16-18-20-21(19-16)10-17(24)25/h8-9,23H,3-7,10H2,1-2H3,(H,24,25). The Morgan fingerprint density at radius 2 is 2.04 bits per heavy atom. The number of aromatic nitrogens is 4. The van der Waals surface area contributed by atoms with Crippen molar-refractivity contribution in [3.05, 3.63) is 29.1 Å². The van der Waals surface area contributed by atoms with Gasteiger partial charge in [0.2, 0.25) is 0 Å². The quantitative estimate of drug-likeness (QED) is 0.482. The molecule has 0 aliphatic carbocycles. The number of Topliss-reactive ketones (excluding diaryl/α,β-unsaturated/α-hetero) is 1. The zero-order valence-corrected chi connectivity index (χ0v) is 14.8. The summed E-state index contributed by atoms with van der Waals surface area (Å²) in [5, 5.41) is 30.0. The van der Waals surface area contributed by atoms with Gasteiger partial charge in [0.1, 0.15) is 11.5 Å². The number of hydrogen-bond donors (Lipinski definition) is 2. The number of carbonyl (C=O) groups excluding carboxylic acids is 1. The third-order valence-corrected chi connectivity index (χ3v) is 3.76. The molecule has 1 aromatic heterocycles. The molecule has 2 rings (SSSR count). The molecule has 0 bridgehead atoms. The molecular weight excluding hydrogens is 340 g/mol. The topological polar surface area (TPSA) is 127 Å². The number of aromatic hydroxyl groups is 1. The van der Waals surface area contributed by atoms with Crippen molar-refractivity contribution in [1.82, 2.24) is 20.2 Å². The Balaban J connectivity index is 1.82. The molecule has 0 radical (unpaired) electrons. The molecule has 2 N–H and O–H groups in total. The van der Waals surface area contributed by atoms with Crippen molar-refractivity contribution >= 4 is 11.8 Å². The number of nitrogens with zero attached hydrogens (tertiary/aromatic N) is 4. The van der Waals surface area contributed by atoms with E-state index in [1.54, 1.807) is 6.07 Å². The lowest BCUT2D eigenvalue weighted by atomic mass is 10.0. The molecule has 0 aliphatic heterocycles. The summed E-state index contributed by atoms with van der Waals surface area (Å²) >= 11 is 0. The third kappa shape index (κ3) is 5.27. The van der Waals surface area contributed by atoms with Crippen LogP contribution >= 0.6 is 0 Å². The van der Waals surface area contributed by atoms with E-state index >= 15 is 0 Å². The number of carbonyl (C=O) groups is 2. The maximum Gasteiger partial charge on any atom is 0.327 e. The van der Waals surface area contributed by atoms with Crippen molar-refractivity contribution in [3.63, 3.8) is 0 Å². The van der Waals surface area contributed by atoms with Gasteiger partial charge in [0.15, 0.2) is 18.2 Å². The number of unbranched alkanes of at least 4 members (excludes halogenated alkanes) is 1. The minimum absolute atomic E-state index is 0.0797. The SMILES string of the molecule is CCc1cc(C(C)=O)c(O)cc1OCCCCc1nnn(CC(=O)O)n1. The number of benzene rings is 1. The highest BCUT2D eigenvalue weighted by molar-refractivity contribution is 5.97. The molecule has 9 heteroatoms. The van der Waals surface area contributed by atoms with Crippen LogP contribution in [0.5, 0.6) is 11.5 Å². The van der Waals surface area contributed by atoms with Crippen molar-refractivity contribution in [2.45, 2.75) is 46.1 Å². The monoisotopic (exact) mass is 362 g/mol. The Morgan fingerprint density at radius 1 is 1.27 bits per heavy atom. The fourth-order valence-electron chi connectivity index (χ4n) is 2.44. The first-order chi connectivity index (χ1) is 12.4. The molecule has 0 atom stereocenters. The van der Waals surface area contributed by atoms with Gasteiger partial charge in [0, 0.05) is 12.5 Å². The Morgan fingerprint density at radius 3 is 2.69 bits per heavy atom. The molecular formula is C17H22N4O5. The van der Waals surface area contributed by atoms with Crippen molar-refractivity contribution in [1.29, 1.82) is 0 Å². The molecule has 2 aromatic rings. The lowest BCUT2D eigenvalue weighted by Gasteiger charge is -2.12. The number of phenolic OH excluding ortho intramolecular Hbond substituents is 1. The van der Waals surface area contributed by atoms with Crippen LogP contribution in [0.15, 0.2) is 12.1 Å². The van der Waals surface area contributed by atoms with Gasteiger partial charge in [0.25, 0.3) is 0 Å². The summed E-state index contributed by atoms with van der Waals surface area (Å²) in [6, 6.07) is 3.15. The molecule has 0 saturated carbocycles. The van der Waals surface area contributed by atoms with Gasteiger partial charge in [-0.25, -0.2) is 0 Å². The lowest BCUT2D eigenvalue weighted by molar-refractivity contribution is -0.138. The number of aliphatic carboxylic acids is 1. The number of rotatable bonds is 10. The van der Waals surface area contributed by atoms with Gasteiger partial charge in [-0.15, -0.1) is 10.2 Å². The van der Waals surface area contributed by atoms with E-state index in [0.717, 1.165) is 23.2 Å². The maximum absolute atomic E-state index is 11.5. The van der Waals surface area contributed by atoms with E-state index < -0.39 is 5.97 Å². The van der Waals surface area contributed by atoms with E-state index in [2.05, 4.69) is 15.4 Å². The molecule has 0 fully saturated rings. The minimum Gasteiger partial charge on any atom is -0.507 e. The number of carboxylic acid groups (broad SMARTS) is 1. The lowest BCUT2D eigenvalue weighted by Crippen LogP contribution is -2.11. The van der Waals surface area contributed by atoms with Crippen LogP contribution in [0.1, 0.15) is 48.4 Å². The number of aryl methyl sites for hydroxylation is 2. The molecule has 26 heavy (non-hydrogen) atoms. The van der Waals surface area contributed by atoms with Gasteiger partial charge in [-0.3, -0.25) is 9.59 Å². The second-order valence-electron chi connectivity index (χ2n) is 5.82. The summed E-state index contributed by atoms with van der Waals surface area (Å²) in [5.74, 6) is -0.228. The largest absolute Gasteiger partial charge is 0.507 e. The van der Waals surface area contributed by atoms with Gasteiger partial charge >= 0.3 is 5.97 Å². The Labute approximate surface area is 150 Å². The third-order valence-electron chi connectivity index (χ3n) is 3.76. The van der Waals surface area contributed by atoms with Crippen LogP contribution < -0.4 is 4.74 Å². The predicted molar refractivity (Wildman–Crippen MR) is 91.4 cm³/mol. The van der Waals surface area contributed by atoms with Crippen LogP contribution in [0.25, 0.3) is 0 Å². The van der Waals surface area contributed by atoms with Crippen molar-refractivity contribution < 1.29 is 24.5 Å². The van der Waals surface area contributed by atoms with E-state index in [4.69, 9.17) is 9.84 Å². The molecule has 0 amide bonds. The summed E-state index contributed by atoms with van der Waals surface area (Å²) in [7, 11) is 0. The van der Waals surface area contributed by atoms with E-state index in [0.29, 0.717) is 36.6 Å². The molecule has 0 spiro atoms. The molecule has 0 aliphatic rings. The van der Waals surface area contributed by atoms with Crippen LogP contribution in [0.4, 0.5) is 0 Å². The summed E-state index contributed by atoms with van der Waals surface area (Å²) < 4.78 is 5.73. The van der Waals surface area contributed by atoms with Crippen molar-refractivity contribution in [2.75, 3.05) is 6.61 Å². The molecule has 1 heterocycles. The van der Waals surface area contributed by atoms with Crippen LogP contribution in [0.2, 0.25) is 0 Å².